The van der Waals surface area contributed by atoms with Gasteiger partial charge in [-0.1, -0.05) is 0 Å². The van der Waals surface area contributed by atoms with Gasteiger partial charge in [0.25, 0.3) is 5.91 Å². The zero-order valence-electron chi connectivity index (χ0n) is 15.0. The van der Waals surface area contributed by atoms with Crippen molar-refractivity contribution >= 4 is 23.8 Å². The Kier molecular flexibility index (Phi) is 6.37. The topological polar surface area (TPSA) is 118 Å². The molecule has 0 aliphatic carbocycles. The number of carbonyl (C=O) groups is 4. The van der Waals surface area contributed by atoms with Gasteiger partial charge in [-0.15, -0.1) is 0 Å². The summed E-state index contributed by atoms with van der Waals surface area (Å²) in [4.78, 5) is 49.1. The molecule has 1 aliphatic rings. The third-order valence-electron chi connectivity index (χ3n) is 3.79. The summed E-state index contributed by atoms with van der Waals surface area (Å²) in [5, 5.41) is 4.60. The minimum Gasteiger partial charge on any atom is -0.467 e. The van der Waals surface area contributed by atoms with Crippen molar-refractivity contribution in [1.82, 2.24) is 15.5 Å². The maximum absolute atomic E-state index is 12.2. The van der Waals surface area contributed by atoms with Gasteiger partial charge in [0.05, 0.1) is 18.7 Å². The average molecular weight is 365 g/mol. The van der Waals surface area contributed by atoms with E-state index in [0.717, 1.165) is 0 Å². The summed E-state index contributed by atoms with van der Waals surface area (Å²) in [6.45, 7) is 5.34. The minimum absolute atomic E-state index is 0.0156. The summed E-state index contributed by atoms with van der Waals surface area (Å²) in [5.74, 6) is -1.59. The van der Waals surface area contributed by atoms with E-state index in [-0.39, 0.29) is 31.5 Å². The van der Waals surface area contributed by atoms with Gasteiger partial charge in [0, 0.05) is 19.0 Å². The van der Waals surface area contributed by atoms with Crippen LogP contribution in [-0.4, -0.2) is 47.4 Å². The van der Waals surface area contributed by atoms with Crippen molar-refractivity contribution in [3.63, 3.8) is 0 Å². The number of carbonyl (C=O) groups excluding carboxylic acids is 4. The second-order valence-electron chi connectivity index (χ2n) is 6.45. The van der Waals surface area contributed by atoms with Crippen molar-refractivity contribution in [1.29, 1.82) is 0 Å². The van der Waals surface area contributed by atoms with E-state index < -0.39 is 29.9 Å². The lowest BCUT2D eigenvalue weighted by Gasteiger charge is -2.17. The van der Waals surface area contributed by atoms with Gasteiger partial charge in [0.2, 0.25) is 5.91 Å². The van der Waals surface area contributed by atoms with Gasteiger partial charge >= 0.3 is 12.0 Å². The molecule has 1 aromatic rings. The number of urea groups is 1. The molecule has 1 saturated heterocycles. The molecule has 2 heterocycles. The molecule has 1 aliphatic heterocycles. The Labute approximate surface area is 151 Å². The van der Waals surface area contributed by atoms with Crippen molar-refractivity contribution in [2.24, 2.45) is 5.92 Å². The molecule has 0 unspecified atom stereocenters. The number of furan rings is 1. The van der Waals surface area contributed by atoms with Crippen molar-refractivity contribution < 1.29 is 28.3 Å². The molecule has 0 aromatic carbocycles. The van der Waals surface area contributed by atoms with E-state index in [1.165, 1.54) is 18.1 Å². The van der Waals surface area contributed by atoms with E-state index in [4.69, 9.17) is 9.15 Å². The number of hydrogen-bond acceptors (Lipinski definition) is 6. The van der Waals surface area contributed by atoms with Crippen molar-refractivity contribution in [3.8, 4) is 0 Å². The smallest absolute Gasteiger partial charge is 0.321 e. The van der Waals surface area contributed by atoms with Crippen LogP contribution in [0.15, 0.2) is 22.8 Å². The normalized spacial score (nSPS) is 17.9. The SMILES string of the molecule is CC(C)NC(=O)NC(=O)[C@H](C)OC(=O)[C@@H]1CC(=O)N(Cc2ccco2)C1. The number of esters is 1. The number of amides is 4. The molecule has 1 aromatic heterocycles. The number of imide groups is 1. The standard InChI is InChI=1S/C17H23N3O6/c1-10(2)18-17(24)19-15(22)11(3)26-16(23)12-7-14(21)20(8-12)9-13-5-4-6-25-13/h4-6,10-12H,7-9H2,1-3H3,(H2,18,19,22,24)/t11-,12+/m0/s1. The van der Waals surface area contributed by atoms with E-state index in [1.54, 1.807) is 26.0 Å². The molecule has 0 bridgehead atoms. The molecule has 4 amide bonds. The Hall–Kier alpha value is -2.84. The van der Waals surface area contributed by atoms with Crippen LogP contribution in [0.4, 0.5) is 4.79 Å². The van der Waals surface area contributed by atoms with Crippen LogP contribution in [0.1, 0.15) is 33.0 Å². The molecule has 0 spiro atoms. The number of hydrogen-bond donors (Lipinski definition) is 2. The summed E-state index contributed by atoms with van der Waals surface area (Å²) >= 11 is 0. The number of nitrogens with zero attached hydrogens (tertiary/aromatic N) is 1. The lowest BCUT2D eigenvalue weighted by atomic mass is 10.1. The quantitative estimate of drug-likeness (QED) is 0.720. The van der Waals surface area contributed by atoms with Gasteiger partial charge in [-0.05, 0) is 32.9 Å². The predicted molar refractivity (Wildman–Crippen MR) is 89.6 cm³/mol. The fourth-order valence-corrected chi connectivity index (χ4v) is 2.51. The van der Waals surface area contributed by atoms with Crippen molar-refractivity contribution in [2.45, 2.75) is 45.9 Å². The highest BCUT2D eigenvalue weighted by Gasteiger charge is 2.37. The third kappa shape index (κ3) is 5.33. The first-order valence-corrected chi connectivity index (χ1v) is 8.38. The Morgan fingerprint density at radius 3 is 2.69 bits per heavy atom. The summed E-state index contributed by atoms with van der Waals surface area (Å²) < 4.78 is 10.3. The highest BCUT2D eigenvalue weighted by Crippen LogP contribution is 2.22. The van der Waals surface area contributed by atoms with Crippen LogP contribution in [0.25, 0.3) is 0 Å². The van der Waals surface area contributed by atoms with Crippen molar-refractivity contribution in [2.75, 3.05) is 6.54 Å². The molecule has 9 nitrogen and oxygen atoms in total. The van der Waals surface area contributed by atoms with Gasteiger partial charge < -0.3 is 19.4 Å². The minimum atomic E-state index is -1.14. The summed E-state index contributed by atoms with van der Waals surface area (Å²) in [5.41, 5.74) is 0. The van der Waals surface area contributed by atoms with E-state index >= 15 is 0 Å². The van der Waals surface area contributed by atoms with Crippen LogP contribution in [0, 0.1) is 5.92 Å². The zero-order chi connectivity index (χ0) is 19.3. The van der Waals surface area contributed by atoms with E-state index in [0.29, 0.717) is 5.76 Å². The molecule has 2 rings (SSSR count). The average Bonchev–Trinajstić information content (AvgIpc) is 3.17. The molecule has 2 N–H and O–H groups in total. The summed E-state index contributed by atoms with van der Waals surface area (Å²) in [6.07, 6.45) is 0.383. The fourth-order valence-electron chi connectivity index (χ4n) is 2.51. The zero-order valence-corrected chi connectivity index (χ0v) is 15.0. The van der Waals surface area contributed by atoms with Crippen LogP contribution < -0.4 is 10.6 Å². The van der Waals surface area contributed by atoms with Crippen LogP contribution >= 0.6 is 0 Å². The molecule has 26 heavy (non-hydrogen) atoms. The van der Waals surface area contributed by atoms with Crippen molar-refractivity contribution in [3.05, 3.63) is 24.2 Å². The lowest BCUT2D eigenvalue weighted by molar-refractivity contribution is -0.158. The first-order chi connectivity index (χ1) is 12.3. The monoisotopic (exact) mass is 365 g/mol. The second-order valence-corrected chi connectivity index (χ2v) is 6.45. The van der Waals surface area contributed by atoms with E-state index in [9.17, 15) is 19.2 Å². The molecule has 2 atom stereocenters. The highest BCUT2D eigenvalue weighted by atomic mass is 16.5. The van der Waals surface area contributed by atoms with Gasteiger partial charge in [0.15, 0.2) is 6.10 Å². The third-order valence-corrected chi connectivity index (χ3v) is 3.79. The largest absolute Gasteiger partial charge is 0.467 e. The first-order valence-electron chi connectivity index (χ1n) is 8.38. The molecule has 142 valence electrons. The molecule has 0 radical (unpaired) electrons. The Morgan fingerprint density at radius 1 is 1.35 bits per heavy atom. The van der Waals surface area contributed by atoms with Crippen LogP contribution in [0.3, 0.4) is 0 Å². The summed E-state index contributed by atoms with van der Waals surface area (Å²) in [6, 6.07) is 2.67. The number of ether oxygens (including phenoxy) is 1. The van der Waals surface area contributed by atoms with E-state index in [1.807, 2.05) is 0 Å². The molecule has 0 saturated carbocycles. The molecule has 9 heteroatoms. The Balaban J connectivity index is 1.82. The second kappa shape index (κ2) is 8.50. The van der Waals surface area contributed by atoms with Gasteiger partial charge in [-0.2, -0.15) is 0 Å². The van der Waals surface area contributed by atoms with Gasteiger partial charge in [-0.3, -0.25) is 19.7 Å². The lowest BCUT2D eigenvalue weighted by Crippen LogP contribution is -2.47. The summed E-state index contributed by atoms with van der Waals surface area (Å²) in [7, 11) is 0. The Bertz CT molecular complexity index is 670. The molecular weight excluding hydrogens is 342 g/mol. The predicted octanol–water partition coefficient (Wildman–Crippen LogP) is 0.794. The number of likely N-dealkylation sites (tertiary alicyclic amines) is 1. The molecule has 1 fully saturated rings. The number of rotatable bonds is 6. The van der Waals surface area contributed by atoms with Crippen LogP contribution in [0.5, 0.6) is 0 Å². The first kappa shape index (κ1) is 19.5. The number of nitrogens with one attached hydrogen (secondary N) is 2. The highest BCUT2D eigenvalue weighted by molar-refractivity contribution is 5.97. The maximum atomic E-state index is 12.2. The Morgan fingerprint density at radius 2 is 2.08 bits per heavy atom. The van der Waals surface area contributed by atoms with Gasteiger partial charge in [0.1, 0.15) is 5.76 Å². The van der Waals surface area contributed by atoms with Crippen LogP contribution in [0.2, 0.25) is 0 Å². The van der Waals surface area contributed by atoms with Crippen LogP contribution in [-0.2, 0) is 25.7 Å². The van der Waals surface area contributed by atoms with E-state index in [2.05, 4.69) is 10.6 Å². The maximum Gasteiger partial charge on any atom is 0.321 e. The van der Waals surface area contributed by atoms with Gasteiger partial charge in [-0.25, -0.2) is 4.79 Å². The molecular formula is C17H23N3O6. The fraction of sp³-hybridized carbons (Fsp3) is 0.529.